The molecule has 0 aliphatic carbocycles. The van der Waals surface area contributed by atoms with E-state index in [-0.39, 0.29) is 13.2 Å². The molecule has 0 amide bonds. The van der Waals surface area contributed by atoms with Gasteiger partial charge in [0.25, 0.3) is 0 Å². The van der Waals surface area contributed by atoms with Crippen LogP contribution in [0.5, 0.6) is 0 Å². The zero-order valence-electron chi connectivity index (χ0n) is 10.8. The van der Waals surface area contributed by atoms with Crippen LogP contribution in [0.3, 0.4) is 0 Å². The van der Waals surface area contributed by atoms with Gasteiger partial charge in [0, 0.05) is 18.8 Å². The van der Waals surface area contributed by atoms with Crippen LogP contribution in [0.4, 0.5) is 0 Å². The van der Waals surface area contributed by atoms with Gasteiger partial charge >= 0.3 is 11.9 Å². The molecule has 0 unspecified atom stereocenters. The molecule has 0 fully saturated rings. The molecule has 0 aliphatic rings. The highest BCUT2D eigenvalue weighted by Crippen LogP contribution is 1.89. The molecule has 0 aliphatic heterocycles. The Morgan fingerprint density at radius 1 is 1.22 bits per heavy atom. The van der Waals surface area contributed by atoms with Crippen LogP contribution in [0.2, 0.25) is 0 Å². The van der Waals surface area contributed by atoms with Crippen molar-refractivity contribution in [2.75, 3.05) is 33.5 Å². The van der Waals surface area contributed by atoms with Crippen molar-refractivity contribution in [1.29, 1.82) is 0 Å². The zero-order chi connectivity index (χ0) is 14.4. The van der Waals surface area contributed by atoms with E-state index in [9.17, 15) is 9.59 Å². The van der Waals surface area contributed by atoms with Crippen molar-refractivity contribution < 1.29 is 28.9 Å². The number of hydrogen-bond acceptors (Lipinski definition) is 6. The lowest BCUT2D eigenvalue weighted by Crippen LogP contribution is -2.08. The van der Waals surface area contributed by atoms with Gasteiger partial charge in [-0.1, -0.05) is 13.2 Å². The van der Waals surface area contributed by atoms with Gasteiger partial charge in [-0.2, -0.15) is 0 Å². The number of carbonyl (C=O) groups excluding carboxylic acids is 2. The predicted octanol–water partition coefficient (Wildman–Crippen LogP) is 0.460. The Morgan fingerprint density at radius 2 is 1.83 bits per heavy atom. The van der Waals surface area contributed by atoms with Crippen molar-refractivity contribution in [1.82, 2.24) is 0 Å². The molecule has 0 spiro atoms. The summed E-state index contributed by atoms with van der Waals surface area (Å²) < 4.78 is 13.6. The second-order valence-corrected chi connectivity index (χ2v) is 3.00. The largest absolute Gasteiger partial charge is 0.460 e. The van der Waals surface area contributed by atoms with Gasteiger partial charge < -0.3 is 19.3 Å². The summed E-state index contributed by atoms with van der Waals surface area (Å²) >= 11 is 0. The third-order valence-electron chi connectivity index (χ3n) is 1.37. The fraction of sp³-hybridized carbons (Fsp3) is 0.500. The number of aliphatic hydroxyl groups excluding tert-OH is 1. The number of rotatable bonds is 7. The van der Waals surface area contributed by atoms with Gasteiger partial charge in [-0.15, -0.1) is 0 Å². The monoisotopic (exact) mass is 260 g/mol. The number of ether oxygens (including phenoxy) is 3. The zero-order valence-corrected chi connectivity index (χ0v) is 10.8. The average Bonchev–Trinajstić information content (AvgIpc) is 2.36. The Kier molecular flexibility index (Phi) is 13.9. The first-order valence-electron chi connectivity index (χ1n) is 5.21. The van der Waals surface area contributed by atoms with Crippen LogP contribution in [-0.2, 0) is 23.8 Å². The highest BCUT2D eigenvalue weighted by atomic mass is 16.6. The molecule has 1 N–H and O–H groups in total. The fourth-order valence-electron chi connectivity index (χ4n) is 0.546. The quantitative estimate of drug-likeness (QED) is 0.407. The molecular weight excluding hydrogens is 240 g/mol. The van der Waals surface area contributed by atoms with Crippen molar-refractivity contribution in [2.24, 2.45) is 0 Å². The molecule has 0 bridgehead atoms. The summed E-state index contributed by atoms with van der Waals surface area (Å²) in [4.78, 5) is 20.8. The fourth-order valence-corrected chi connectivity index (χ4v) is 0.546. The number of methoxy groups -OCH3 is 1. The van der Waals surface area contributed by atoms with Crippen LogP contribution >= 0.6 is 0 Å². The van der Waals surface area contributed by atoms with E-state index >= 15 is 0 Å². The summed E-state index contributed by atoms with van der Waals surface area (Å²) in [6, 6.07) is 0. The minimum absolute atomic E-state index is 0.0473. The van der Waals surface area contributed by atoms with Gasteiger partial charge in [0.05, 0.1) is 13.2 Å². The number of carbonyl (C=O) groups is 2. The first-order valence-corrected chi connectivity index (χ1v) is 5.21. The third-order valence-corrected chi connectivity index (χ3v) is 1.37. The second kappa shape index (κ2) is 13.4. The maximum absolute atomic E-state index is 10.5. The van der Waals surface area contributed by atoms with E-state index in [2.05, 4.69) is 27.4 Å². The van der Waals surface area contributed by atoms with E-state index in [4.69, 9.17) is 5.11 Å². The molecule has 18 heavy (non-hydrogen) atoms. The van der Waals surface area contributed by atoms with E-state index in [1.54, 1.807) is 14.0 Å². The van der Waals surface area contributed by atoms with E-state index < -0.39 is 11.9 Å². The molecule has 0 rings (SSSR count). The van der Waals surface area contributed by atoms with E-state index in [1.165, 1.54) is 0 Å². The van der Waals surface area contributed by atoms with Crippen molar-refractivity contribution >= 4 is 11.9 Å². The maximum Gasteiger partial charge on any atom is 0.333 e. The van der Waals surface area contributed by atoms with Crippen LogP contribution in [0, 0.1) is 0 Å². The van der Waals surface area contributed by atoms with Crippen LogP contribution in [0.15, 0.2) is 24.8 Å². The summed E-state index contributed by atoms with van der Waals surface area (Å²) in [6.45, 7) is 8.76. The van der Waals surface area contributed by atoms with Gasteiger partial charge in [-0.25, -0.2) is 9.59 Å². The standard InChI is InChI=1S/2C6H10O3/c1-5(2)6(8)9-4-3-7;1-3-6(7)9-5-4-8-2/h7H,1,3-4H2,2H3;3H,1,4-5H2,2H3. The van der Waals surface area contributed by atoms with Crippen LogP contribution in [0.1, 0.15) is 6.92 Å². The SMILES string of the molecule is C=C(C)C(=O)OCCO.C=CC(=O)OCCOC. The van der Waals surface area contributed by atoms with Gasteiger partial charge in [0.2, 0.25) is 0 Å². The molecule has 0 aromatic carbocycles. The van der Waals surface area contributed by atoms with Crippen molar-refractivity contribution in [3.63, 3.8) is 0 Å². The van der Waals surface area contributed by atoms with Crippen molar-refractivity contribution in [3.05, 3.63) is 24.8 Å². The number of aliphatic hydroxyl groups is 1. The lowest BCUT2D eigenvalue weighted by molar-refractivity contribution is -0.140. The molecule has 0 aromatic rings. The third kappa shape index (κ3) is 14.3. The molecule has 0 aromatic heterocycles. The first-order chi connectivity index (χ1) is 8.49. The van der Waals surface area contributed by atoms with E-state index in [1.807, 2.05) is 0 Å². The highest BCUT2D eigenvalue weighted by molar-refractivity contribution is 5.86. The summed E-state index contributed by atoms with van der Waals surface area (Å²) in [7, 11) is 1.54. The number of hydrogen-bond donors (Lipinski definition) is 1. The lowest BCUT2D eigenvalue weighted by atomic mass is 10.4. The molecule has 6 nitrogen and oxygen atoms in total. The maximum atomic E-state index is 10.5. The Bertz CT molecular complexity index is 270. The topological polar surface area (TPSA) is 82.1 Å². The van der Waals surface area contributed by atoms with Crippen LogP contribution < -0.4 is 0 Å². The second-order valence-electron chi connectivity index (χ2n) is 3.00. The van der Waals surface area contributed by atoms with Crippen LogP contribution in [-0.4, -0.2) is 50.6 Å². The van der Waals surface area contributed by atoms with E-state index in [0.717, 1.165) is 6.08 Å². The van der Waals surface area contributed by atoms with Gasteiger partial charge in [0.15, 0.2) is 0 Å². The lowest BCUT2D eigenvalue weighted by Gasteiger charge is -1.99. The van der Waals surface area contributed by atoms with Gasteiger partial charge in [0.1, 0.15) is 13.2 Å². The molecule has 0 saturated carbocycles. The van der Waals surface area contributed by atoms with Gasteiger partial charge in [-0.05, 0) is 6.92 Å². The minimum Gasteiger partial charge on any atom is -0.460 e. The molecule has 0 atom stereocenters. The van der Waals surface area contributed by atoms with Crippen molar-refractivity contribution in [3.8, 4) is 0 Å². The Hall–Kier alpha value is -1.66. The average molecular weight is 260 g/mol. The predicted molar refractivity (Wildman–Crippen MR) is 65.9 cm³/mol. The van der Waals surface area contributed by atoms with Gasteiger partial charge in [-0.3, -0.25) is 0 Å². The van der Waals surface area contributed by atoms with Crippen LogP contribution in [0.25, 0.3) is 0 Å². The molecular formula is C12H20O6. The molecule has 0 radical (unpaired) electrons. The van der Waals surface area contributed by atoms with Crippen molar-refractivity contribution in [2.45, 2.75) is 6.92 Å². The number of esters is 2. The summed E-state index contributed by atoms with van der Waals surface area (Å²) in [5.74, 6) is -0.865. The normalized spacial score (nSPS) is 8.61. The molecule has 104 valence electrons. The van der Waals surface area contributed by atoms with E-state index in [0.29, 0.717) is 18.8 Å². The Morgan fingerprint density at radius 3 is 2.22 bits per heavy atom. The molecule has 0 saturated heterocycles. The molecule has 0 heterocycles. The molecule has 6 heteroatoms. The Balaban J connectivity index is 0. The highest BCUT2D eigenvalue weighted by Gasteiger charge is 1.99. The first kappa shape index (κ1) is 18.7. The smallest absolute Gasteiger partial charge is 0.333 e. The Labute approximate surface area is 107 Å². The minimum atomic E-state index is -0.455. The summed E-state index contributed by atoms with van der Waals surface area (Å²) in [5, 5.41) is 8.19. The summed E-state index contributed by atoms with van der Waals surface area (Å²) in [5.41, 5.74) is 0.350. The summed E-state index contributed by atoms with van der Waals surface area (Å²) in [6.07, 6.45) is 1.12.